The molecule has 5 heteroatoms. The van der Waals surface area contributed by atoms with E-state index in [4.69, 9.17) is 0 Å². The standard InChI is InChI=1S/C19H32N2O2S/c1-6-19(2,3)17-9-7-16(8-10-17)15-20(4)18-11-13-21(14-12-18)24(5,22)23/h7-10,18H,6,11-15H2,1-5H3. The zero-order chi connectivity index (χ0) is 18.0. The van der Waals surface area contributed by atoms with Crippen molar-refractivity contribution >= 4 is 10.0 Å². The maximum Gasteiger partial charge on any atom is 0.211 e. The summed E-state index contributed by atoms with van der Waals surface area (Å²) < 4.78 is 24.8. The van der Waals surface area contributed by atoms with Gasteiger partial charge in [-0.25, -0.2) is 12.7 Å². The van der Waals surface area contributed by atoms with Gasteiger partial charge in [-0.05, 0) is 42.9 Å². The van der Waals surface area contributed by atoms with Crippen LogP contribution in [0.5, 0.6) is 0 Å². The minimum absolute atomic E-state index is 0.225. The predicted octanol–water partition coefficient (Wildman–Crippen LogP) is 3.23. The molecule has 2 rings (SSSR count). The summed E-state index contributed by atoms with van der Waals surface area (Å²) in [4.78, 5) is 2.36. The Morgan fingerprint density at radius 3 is 2.17 bits per heavy atom. The summed E-state index contributed by atoms with van der Waals surface area (Å²) >= 11 is 0. The topological polar surface area (TPSA) is 40.6 Å². The minimum atomic E-state index is -3.04. The highest BCUT2D eigenvalue weighted by Gasteiger charge is 2.27. The average molecular weight is 353 g/mol. The minimum Gasteiger partial charge on any atom is -0.299 e. The van der Waals surface area contributed by atoms with Crippen LogP contribution in [0.2, 0.25) is 0 Å². The van der Waals surface area contributed by atoms with Crippen molar-refractivity contribution in [2.24, 2.45) is 0 Å². The highest BCUT2D eigenvalue weighted by molar-refractivity contribution is 7.88. The molecule has 1 aromatic rings. The maximum atomic E-state index is 11.6. The van der Waals surface area contributed by atoms with E-state index in [0.717, 1.165) is 25.8 Å². The average Bonchev–Trinajstić information content (AvgIpc) is 2.54. The number of hydrogen-bond donors (Lipinski definition) is 0. The molecule has 0 aromatic heterocycles. The van der Waals surface area contributed by atoms with E-state index in [1.54, 1.807) is 4.31 Å². The van der Waals surface area contributed by atoms with Gasteiger partial charge in [0.1, 0.15) is 0 Å². The third-order valence-corrected chi connectivity index (χ3v) is 6.87. The van der Waals surface area contributed by atoms with Crippen molar-refractivity contribution in [3.63, 3.8) is 0 Å². The molecular weight excluding hydrogens is 320 g/mol. The van der Waals surface area contributed by atoms with Gasteiger partial charge in [0, 0.05) is 25.7 Å². The van der Waals surface area contributed by atoms with Crippen molar-refractivity contribution in [2.75, 3.05) is 26.4 Å². The van der Waals surface area contributed by atoms with Crippen molar-refractivity contribution in [2.45, 2.75) is 58.0 Å². The van der Waals surface area contributed by atoms with Crippen LogP contribution in [0.15, 0.2) is 24.3 Å². The number of sulfonamides is 1. The van der Waals surface area contributed by atoms with Gasteiger partial charge < -0.3 is 0 Å². The van der Waals surface area contributed by atoms with Gasteiger partial charge in [0.25, 0.3) is 0 Å². The van der Waals surface area contributed by atoms with Gasteiger partial charge in [0.2, 0.25) is 10.0 Å². The quantitative estimate of drug-likeness (QED) is 0.789. The fraction of sp³-hybridized carbons (Fsp3) is 0.684. The molecule has 24 heavy (non-hydrogen) atoms. The molecule has 0 atom stereocenters. The van der Waals surface area contributed by atoms with Crippen molar-refractivity contribution in [1.29, 1.82) is 0 Å². The molecule has 0 aliphatic carbocycles. The van der Waals surface area contributed by atoms with Gasteiger partial charge in [-0.2, -0.15) is 0 Å². The summed E-state index contributed by atoms with van der Waals surface area (Å²) in [5.41, 5.74) is 2.93. The number of piperidine rings is 1. The first-order valence-electron chi connectivity index (χ1n) is 8.88. The molecule has 1 aromatic carbocycles. The van der Waals surface area contributed by atoms with Crippen LogP contribution in [-0.2, 0) is 22.0 Å². The molecule has 136 valence electrons. The van der Waals surface area contributed by atoms with Crippen LogP contribution >= 0.6 is 0 Å². The summed E-state index contributed by atoms with van der Waals surface area (Å²) in [5, 5.41) is 0. The van der Waals surface area contributed by atoms with Crippen molar-refractivity contribution in [3.05, 3.63) is 35.4 Å². The number of nitrogens with zero attached hydrogens (tertiary/aromatic N) is 2. The summed E-state index contributed by atoms with van der Waals surface area (Å²) in [5.74, 6) is 0. The Morgan fingerprint density at radius 2 is 1.71 bits per heavy atom. The second-order valence-corrected chi connectivity index (χ2v) is 9.73. The Morgan fingerprint density at radius 1 is 1.17 bits per heavy atom. The Hall–Kier alpha value is -0.910. The highest BCUT2D eigenvalue weighted by atomic mass is 32.2. The van der Waals surface area contributed by atoms with Gasteiger partial charge in [0.15, 0.2) is 0 Å². The van der Waals surface area contributed by atoms with E-state index in [0.29, 0.717) is 19.1 Å². The lowest BCUT2D eigenvalue weighted by molar-refractivity contribution is 0.162. The fourth-order valence-electron chi connectivity index (χ4n) is 3.30. The summed E-state index contributed by atoms with van der Waals surface area (Å²) in [7, 11) is -0.897. The van der Waals surface area contributed by atoms with Gasteiger partial charge in [-0.3, -0.25) is 4.90 Å². The van der Waals surface area contributed by atoms with Crippen LogP contribution in [0.4, 0.5) is 0 Å². The van der Waals surface area contributed by atoms with Crippen LogP contribution in [-0.4, -0.2) is 50.1 Å². The molecule has 0 spiro atoms. The van der Waals surface area contributed by atoms with E-state index in [2.05, 4.69) is 57.0 Å². The third kappa shape index (κ3) is 4.80. The van der Waals surface area contributed by atoms with Gasteiger partial charge in [0.05, 0.1) is 6.26 Å². The lowest BCUT2D eigenvalue weighted by atomic mass is 9.82. The first-order chi connectivity index (χ1) is 11.1. The molecule has 0 N–H and O–H groups in total. The Balaban J connectivity index is 1.92. The summed E-state index contributed by atoms with van der Waals surface area (Å²) in [6.45, 7) is 8.98. The summed E-state index contributed by atoms with van der Waals surface area (Å²) in [6.07, 6.45) is 4.25. The molecule has 1 fully saturated rings. The molecular formula is C19H32N2O2S. The molecule has 0 bridgehead atoms. The van der Waals surface area contributed by atoms with E-state index in [-0.39, 0.29) is 5.41 Å². The Labute approximate surface area is 147 Å². The van der Waals surface area contributed by atoms with Crippen molar-refractivity contribution in [1.82, 2.24) is 9.21 Å². The SMILES string of the molecule is CCC(C)(C)c1ccc(CN(C)C2CCN(S(C)(=O)=O)CC2)cc1. The fourth-order valence-corrected chi connectivity index (χ4v) is 4.17. The number of rotatable bonds is 6. The van der Waals surface area contributed by atoms with Crippen LogP contribution in [0.3, 0.4) is 0 Å². The molecule has 0 amide bonds. The van der Waals surface area contributed by atoms with Gasteiger partial charge in [-0.1, -0.05) is 45.0 Å². The van der Waals surface area contributed by atoms with Gasteiger partial charge >= 0.3 is 0 Å². The van der Waals surface area contributed by atoms with E-state index < -0.39 is 10.0 Å². The van der Waals surface area contributed by atoms with Crippen LogP contribution in [0, 0.1) is 0 Å². The predicted molar refractivity (Wildman–Crippen MR) is 101 cm³/mol. The lowest BCUT2D eigenvalue weighted by Crippen LogP contribution is -2.44. The molecule has 1 aliphatic rings. The van der Waals surface area contributed by atoms with Crippen molar-refractivity contribution in [3.8, 4) is 0 Å². The maximum absolute atomic E-state index is 11.6. The van der Waals surface area contributed by atoms with Crippen LogP contribution in [0.25, 0.3) is 0 Å². The zero-order valence-electron chi connectivity index (χ0n) is 15.7. The number of hydrogen-bond acceptors (Lipinski definition) is 3. The monoisotopic (exact) mass is 352 g/mol. The van der Waals surface area contributed by atoms with Crippen LogP contribution in [0.1, 0.15) is 51.2 Å². The van der Waals surface area contributed by atoms with E-state index in [1.165, 1.54) is 17.4 Å². The second-order valence-electron chi connectivity index (χ2n) is 7.74. The third-order valence-electron chi connectivity index (χ3n) is 5.57. The zero-order valence-corrected chi connectivity index (χ0v) is 16.6. The smallest absolute Gasteiger partial charge is 0.211 e. The van der Waals surface area contributed by atoms with E-state index >= 15 is 0 Å². The molecule has 4 nitrogen and oxygen atoms in total. The molecule has 1 heterocycles. The highest BCUT2D eigenvalue weighted by Crippen LogP contribution is 2.27. The first kappa shape index (κ1) is 19.4. The van der Waals surface area contributed by atoms with Crippen LogP contribution < -0.4 is 0 Å². The van der Waals surface area contributed by atoms with E-state index in [9.17, 15) is 8.42 Å². The molecule has 0 unspecified atom stereocenters. The van der Waals surface area contributed by atoms with Crippen molar-refractivity contribution < 1.29 is 8.42 Å². The Kier molecular flexibility index (Phi) is 6.10. The Bertz CT molecular complexity index is 630. The first-order valence-corrected chi connectivity index (χ1v) is 10.7. The molecule has 1 saturated heterocycles. The normalized spacial score (nSPS) is 18.2. The lowest BCUT2D eigenvalue weighted by Gasteiger charge is -2.35. The molecule has 1 aliphatic heterocycles. The molecule has 0 radical (unpaired) electrons. The molecule has 0 saturated carbocycles. The van der Waals surface area contributed by atoms with E-state index in [1.807, 2.05) is 0 Å². The number of benzene rings is 1. The summed E-state index contributed by atoms with van der Waals surface area (Å²) in [6, 6.07) is 9.41. The second kappa shape index (κ2) is 7.54. The largest absolute Gasteiger partial charge is 0.299 e. The van der Waals surface area contributed by atoms with Gasteiger partial charge in [-0.15, -0.1) is 0 Å².